The number of hydrogen-bond donors (Lipinski definition) is 1. The van der Waals surface area contributed by atoms with E-state index in [-0.39, 0.29) is 17.1 Å². The van der Waals surface area contributed by atoms with Crippen LogP contribution in [0.5, 0.6) is 0 Å². The number of imidazole rings is 1. The molecule has 1 unspecified atom stereocenters. The number of carbonyl (C=O) groups excluding carboxylic acids is 2. The summed E-state index contributed by atoms with van der Waals surface area (Å²) in [4.78, 5) is 34.1. The van der Waals surface area contributed by atoms with E-state index < -0.39 is 48.1 Å². The monoisotopic (exact) mass is 511 g/mol. The molecule has 1 fully saturated rings. The summed E-state index contributed by atoms with van der Waals surface area (Å²) in [6.07, 6.45) is 0.766. The van der Waals surface area contributed by atoms with Gasteiger partial charge in [0.2, 0.25) is 5.91 Å². The highest BCUT2D eigenvalue weighted by molar-refractivity contribution is 6.30. The summed E-state index contributed by atoms with van der Waals surface area (Å²) in [5, 5.41) is 3.07. The number of alkyl halides is 2. The lowest BCUT2D eigenvalue weighted by atomic mass is 9.85. The SMILES string of the molecule is CN1CCCn2c(-c3cc(Cl)ccc3F)nc(C(=O)NC(C(=O)N3CC(F)(F)C3)C(C)(C)C)c2C1. The Morgan fingerprint density at radius 3 is 2.51 bits per heavy atom. The van der Waals surface area contributed by atoms with Gasteiger partial charge in [-0.25, -0.2) is 18.2 Å². The molecular formula is C24H29ClF3N5O2. The third-order valence-electron chi connectivity index (χ3n) is 6.34. The first-order valence-electron chi connectivity index (χ1n) is 11.5. The summed E-state index contributed by atoms with van der Waals surface area (Å²) in [7, 11) is 1.91. The molecule has 3 heterocycles. The van der Waals surface area contributed by atoms with E-state index in [2.05, 4.69) is 10.3 Å². The maximum Gasteiger partial charge on any atom is 0.282 e. The van der Waals surface area contributed by atoms with Crippen LogP contribution in [0.25, 0.3) is 11.4 Å². The Morgan fingerprint density at radius 1 is 1.20 bits per heavy atom. The molecule has 1 aromatic carbocycles. The minimum atomic E-state index is -2.91. The van der Waals surface area contributed by atoms with Crippen LogP contribution < -0.4 is 5.32 Å². The van der Waals surface area contributed by atoms with Gasteiger partial charge in [0.15, 0.2) is 5.69 Å². The number of rotatable bonds is 4. The Labute approximate surface area is 207 Å². The Hall–Kier alpha value is -2.59. The molecule has 11 heteroatoms. The number of hydrogen-bond acceptors (Lipinski definition) is 4. The molecule has 190 valence electrons. The van der Waals surface area contributed by atoms with E-state index in [0.717, 1.165) is 17.9 Å². The Bertz CT molecular complexity index is 1150. The summed E-state index contributed by atoms with van der Waals surface area (Å²) < 4.78 is 43.3. The fraction of sp³-hybridized carbons (Fsp3) is 0.542. The van der Waals surface area contributed by atoms with Crippen molar-refractivity contribution in [2.24, 2.45) is 5.41 Å². The van der Waals surface area contributed by atoms with Crippen molar-refractivity contribution in [1.82, 2.24) is 24.7 Å². The van der Waals surface area contributed by atoms with Crippen LogP contribution in [0.1, 0.15) is 43.4 Å². The van der Waals surface area contributed by atoms with Crippen LogP contribution in [0.15, 0.2) is 18.2 Å². The molecule has 2 aromatic rings. The molecule has 0 spiro atoms. The van der Waals surface area contributed by atoms with Crippen molar-refractivity contribution < 1.29 is 22.8 Å². The van der Waals surface area contributed by atoms with E-state index in [1.165, 1.54) is 18.2 Å². The topological polar surface area (TPSA) is 70.5 Å². The smallest absolute Gasteiger partial charge is 0.282 e. The summed E-state index contributed by atoms with van der Waals surface area (Å²) in [6.45, 7) is 5.60. The number of benzene rings is 1. The summed E-state index contributed by atoms with van der Waals surface area (Å²) >= 11 is 6.11. The lowest BCUT2D eigenvalue weighted by Gasteiger charge is -2.43. The van der Waals surface area contributed by atoms with Crippen molar-refractivity contribution in [2.75, 3.05) is 26.7 Å². The molecule has 1 saturated heterocycles. The molecule has 0 radical (unpaired) electrons. The molecule has 1 aromatic heterocycles. The number of nitrogens with one attached hydrogen (secondary N) is 1. The van der Waals surface area contributed by atoms with Crippen molar-refractivity contribution in [3.05, 3.63) is 40.4 Å². The zero-order valence-corrected chi connectivity index (χ0v) is 20.9. The number of likely N-dealkylation sites (tertiary alicyclic amines) is 1. The molecule has 0 saturated carbocycles. The zero-order valence-electron chi connectivity index (χ0n) is 20.2. The molecule has 1 N–H and O–H groups in total. The van der Waals surface area contributed by atoms with Crippen LogP contribution in [0.3, 0.4) is 0 Å². The summed E-state index contributed by atoms with van der Waals surface area (Å²) in [5.74, 6) is -4.34. The van der Waals surface area contributed by atoms with E-state index in [1.807, 2.05) is 16.5 Å². The summed E-state index contributed by atoms with van der Waals surface area (Å²) in [6, 6.07) is 3.11. The Kier molecular flexibility index (Phi) is 6.65. The first-order chi connectivity index (χ1) is 16.3. The van der Waals surface area contributed by atoms with Crippen LogP contribution in [0, 0.1) is 11.2 Å². The maximum absolute atomic E-state index is 14.7. The van der Waals surface area contributed by atoms with Gasteiger partial charge in [-0.3, -0.25) is 9.59 Å². The summed E-state index contributed by atoms with van der Waals surface area (Å²) in [5.41, 5.74) is 0.0951. The van der Waals surface area contributed by atoms with Crippen molar-refractivity contribution in [2.45, 2.75) is 52.2 Å². The van der Waals surface area contributed by atoms with Crippen molar-refractivity contribution in [3.8, 4) is 11.4 Å². The normalized spacial score (nSPS) is 18.9. The van der Waals surface area contributed by atoms with Gasteiger partial charge in [-0.15, -0.1) is 0 Å². The third kappa shape index (κ3) is 5.18. The fourth-order valence-electron chi connectivity index (χ4n) is 4.48. The van der Waals surface area contributed by atoms with Gasteiger partial charge in [-0.2, -0.15) is 0 Å². The van der Waals surface area contributed by atoms with Crippen LogP contribution >= 0.6 is 11.6 Å². The molecule has 2 aliphatic rings. The molecule has 0 bridgehead atoms. The fourth-order valence-corrected chi connectivity index (χ4v) is 4.65. The van der Waals surface area contributed by atoms with Gasteiger partial charge in [0.25, 0.3) is 11.8 Å². The van der Waals surface area contributed by atoms with Gasteiger partial charge < -0.3 is 19.7 Å². The van der Waals surface area contributed by atoms with Gasteiger partial charge in [0.05, 0.1) is 24.3 Å². The van der Waals surface area contributed by atoms with Crippen LogP contribution in [-0.4, -0.2) is 69.8 Å². The molecule has 2 aliphatic heterocycles. The number of amides is 2. The van der Waals surface area contributed by atoms with Gasteiger partial charge >= 0.3 is 0 Å². The predicted molar refractivity (Wildman–Crippen MR) is 126 cm³/mol. The van der Waals surface area contributed by atoms with E-state index in [4.69, 9.17) is 11.6 Å². The van der Waals surface area contributed by atoms with E-state index in [1.54, 1.807) is 20.8 Å². The lowest BCUT2D eigenvalue weighted by molar-refractivity contribution is -0.169. The number of aromatic nitrogens is 2. The van der Waals surface area contributed by atoms with Gasteiger partial charge in [0.1, 0.15) is 17.7 Å². The molecule has 7 nitrogen and oxygen atoms in total. The first-order valence-corrected chi connectivity index (χ1v) is 11.9. The van der Waals surface area contributed by atoms with Gasteiger partial charge in [-0.1, -0.05) is 32.4 Å². The van der Waals surface area contributed by atoms with Crippen LogP contribution in [0.2, 0.25) is 5.02 Å². The quantitative estimate of drug-likeness (QED) is 0.678. The van der Waals surface area contributed by atoms with E-state index >= 15 is 0 Å². The highest BCUT2D eigenvalue weighted by Crippen LogP contribution is 2.32. The number of nitrogens with zero attached hydrogens (tertiary/aromatic N) is 4. The van der Waals surface area contributed by atoms with Crippen LogP contribution in [-0.2, 0) is 17.9 Å². The molecule has 1 atom stereocenters. The number of carbonyl (C=O) groups is 2. The second kappa shape index (κ2) is 9.13. The maximum atomic E-state index is 14.7. The number of halogens is 4. The van der Waals surface area contributed by atoms with Gasteiger partial charge in [0, 0.05) is 18.1 Å². The van der Waals surface area contributed by atoms with Gasteiger partial charge in [-0.05, 0) is 43.6 Å². The van der Waals surface area contributed by atoms with Crippen molar-refractivity contribution >= 4 is 23.4 Å². The zero-order chi connectivity index (χ0) is 25.7. The molecule has 0 aliphatic carbocycles. The minimum absolute atomic E-state index is 0.0733. The highest BCUT2D eigenvalue weighted by Gasteiger charge is 2.49. The number of fused-ring (bicyclic) bond motifs is 1. The standard InChI is InChI=1S/C24H29ClF3N5O2/c1-23(2,3)19(22(35)32-12-24(27,28)13-32)30-21(34)18-17-11-31(4)8-5-9-33(17)20(29-18)15-10-14(25)6-7-16(15)26/h6-7,10,19H,5,8-9,11-13H2,1-4H3,(H,30,34). The van der Waals surface area contributed by atoms with Crippen molar-refractivity contribution in [1.29, 1.82) is 0 Å². The van der Waals surface area contributed by atoms with E-state index in [0.29, 0.717) is 23.8 Å². The molecule has 2 amide bonds. The molecule has 35 heavy (non-hydrogen) atoms. The second-order valence-electron chi connectivity index (χ2n) is 10.4. The second-order valence-corrected chi connectivity index (χ2v) is 10.9. The Balaban J connectivity index is 1.71. The van der Waals surface area contributed by atoms with Crippen LogP contribution in [0.4, 0.5) is 13.2 Å². The molecule has 4 rings (SSSR count). The average molecular weight is 512 g/mol. The highest BCUT2D eigenvalue weighted by atomic mass is 35.5. The largest absolute Gasteiger partial charge is 0.338 e. The van der Waals surface area contributed by atoms with Crippen molar-refractivity contribution in [3.63, 3.8) is 0 Å². The predicted octanol–water partition coefficient (Wildman–Crippen LogP) is 3.80. The molecular weight excluding hydrogens is 483 g/mol. The minimum Gasteiger partial charge on any atom is -0.338 e. The van der Waals surface area contributed by atoms with E-state index in [9.17, 15) is 22.8 Å². The average Bonchev–Trinajstić information content (AvgIpc) is 2.96. The first kappa shape index (κ1) is 25.5. The lowest BCUT2D eigenvalue weighted by Crippen LogP contribution is -2.64. The third-order valence-corrected chi connectivity index (χ3v) is 6.58. The Morgan fingerprint density at radius 2 is 1.89 bits per heavy atom.